The van der Waals surface area contributed by atoms with Crippen LogP contribution in [0.1, 0.15) is 24.2 Å². The Morgan fingerprint density at radius 1 is 1.33 bits per heavy atom. The molecule has 1 unspecified atom stereocenters. The predicted molar refractivity (Wildman–Crippen MR) is 80.9 cm³/mol. The average Bonchev–Trinajstić information content (AvgIpc) is 2.34. The molecule has 1 rings (SSSR count). The number of hydrogen-bond donors (Lipinski definition) is 0. The molecule has 118 valence electrons. The van der Waals surface area contributed by atoms with Crippen LogP contribution in [-0.4, -0.2) is 33.7 Å². The molecule has 0 spiro atoms. The summed E-state index contributed by atoms with van der Waals surface area (Å²) < 4.78 is 32.9. The minimum Gasteiger partial charge on any atom is -0.457 e. The summed E-state index contributed by atoms with van der Waals surface area (Å²) in [5, 5.41) is -0.399. The van der Waals surface area contributed by atoms with E-state index in [9.17, 15) is 13.2 Å². The molecule has 0 heterocycles. The van der Waals surface area contributed by atoms with Crippen molar-refractivity contribution in [2.24, 2.45) is 0 Å². The van der Waals surface area contributed by atoms with Gasteiger partial charge in [-0.3, -0.25) is 0 Å². The van der Waals surface area contributed by atoms with Crippen LogP contribution in [0.4, 0.5) is 0 Å². The first-order valence-electron chi connectivity index (χ1n) is 5.89. The highest BCUT2D eigenvalue weighted by atomic mass is 35.7. The van der Waals surface area contributed by atoms with E-state index in [0.717, 1.165) is 6.07 Å². The summed E-state index contributed by atoms with van der Waals surface area (Å²) in [7, 11) is 1.14. The number of rotatable bonds is 6. The lowest BCUT2D eigenvalue weighted by atomic mass is 10.2. The molecule has 21 heavy (non-hydrogen) atoms. The molecule has 0 radical (unpaired) electrons. The summed E-state index contributed by atoms with van der Waals surface area (Å²) in [5.74, 6) is -0.848. The molecule has 0 fully saturated rings. The van der Waals surface area contributed by atoms with Gasteiger partial charge in [0.05, 0.1) is 22.2 Å². The van der Waals surface area contributed by atoms with Gasteiger partial charge < -0.3 is 9.47 Å². The van der Waals surface area contributed by atoms with E-state index >= 15 is 0 Å². The molecular formula is C12H13Cl3O5S. The highest BCUT2D eigenvalue weighted by Crippen LogP contribution is 2.33. The molecule has 1 aromatic carbocycles. The zero-order valence-electron chi connectivity index (χ0n) is 11.2. The molecule has 0 aromatic heterocycles. The molecular weight excluding hydrogens is 363 g/mol. The Morgan fingerprint density at radius 2 is 1.95 bits per heavy atom. The Hall–Kier alpha value is -0.530. The fourth-order valence-electron chi connectivity index (χ4n) is 1.47. The summed E-state index contributed by atoms with van der Waals surface area (Å²) in [6, 6.07) is 2.33. The highest BCUT2D eigenvalue weighted by molar-refractivity contribution is 8.13. The summed E-state index contributed by atoms with van der Waals surface area (Å²) in [4.78, 5) is 11.7. The number of hydrogen-bond acceptors (Lipinski definition) is 5. The summed E-state index contributed by atoms with van der Waals surface area (Å²) >= 11 is 11.8. The van der Waals surface area contributed by atoms with E-state index in [1.165, 1.54) is 6.07 Å². The van der Waals surface area contributed by atoms with E-state index in [1.807, 2.05) is 0 Å². The van der Waals surface area contributed by atoms with E-state index in [2.05, 4.69) is 0 Å². The van der Waals surface area contributed by atoms with Crippen LogP contribution in [0.2, 0.25) is 10.0 Å². The van der Waals surface area contributed by atoms with Gasteiger partial charge in [-0.15, -0.1) is 0 Å². The zero-order chi connectivity index (χ0) is 16.2. The van der Waals surface area contributed by atoms with Crippen LogP contribution in [0.15, 0.2) is 17.0 Å². The normalized spacial score (nSPS) is 13.0. The van der Waals surface area contributed by atoms with Crippen molar-refractivity contribution in [3.05, 3.63) is 27.7 Å². The number of ether oxygens (including phenoxy) is 2. The third-order valence-corrected chi connectivity index (χ3v) is 4.57. The van der Waals surface area contributed by atoms with Gasteiger partial charge in [-0.1, -0.05) is 23.2 Å². The standard InChI is InChI=1S/C12H13Cl3O5S/c1-3-19-6-7(2)20-12(16)10-8(13)4-5-9(11(10)14)21(15,17)18/h4-5,7H,3,6H2,1-2H3. The first-order chi connectivity index (χ1) is 9.68. The molecule has 0 aliphatic heterocycles. The van der Waals surface area contributed by atoms with Crippen molar-refractivity contribution in [2.45, 2.75) is 24.8 Å². The second-order valence-electron chi connectivity index (χ2n) is 4.05. The summed E-state index contributed by atoms with van der Waals surface area (Å²) in [6.45, 7) is 4.10. The fourth-order valence-corrected chi connectivity index (χ4v) is 3.35. The van der Waals surface area contributed by atoms with Crippen LogP contribution >= 0.6 is 33.9 Å². The van der Waals surface area contributed by atoms with Gasteiger partial charge >= 0.3 is 5.97 Å². The Balaban J connectivity index is 3.10. The van der Waals surface area contributed by atoms with Crippen molar-refractivity contribution in [3.63, 3.8) is 0 Å². The van der Waals surface area contributed by atoms with Crippen molar-refractivity contribution in [3.8, 4) is 0 Å². The van der Waals surface area contributed by atoms with Gasteiger partial charge in [-0.2, -0.15) is 0 Å². The molecule has 5 nitrogen and oxygen atoms in total. The Labute approximate surface area is 137 Å². The van der Waals surface area contributed by atoms with E-state index < -0.39 is 26.0 Å². The van der Waals surface area contributed by atoms with Gasteiger partial charge in [0.25, 0.3) is 9.05 Å². The number of carbonyl (C=O) groups excluding carboxylic acids is 1. The Morgan fingerprint density at radius 3 is 2.48 bits per heavy atom. The van der Waals surface area contributed by atoms with Crippen molar-refractivity contribution in [2.75, 3.05) is 13.2 Å². The fraction of sp³-hybridized carbons (Fsp3) is 0.417. The molecule has 0 amide bonds. The smallest absolute Gasteiger partial charge is 0.341 e. The molecule has 1 atom stereocenters. The lowest BCUT2D eigenvalue weighted by Crippen LogP contribution is -2.21. The number of carbonyl (C=O) groups is 1. The molecule has 0 N–H and O–H groups in total. The van der Waals surface area contributed by atoms with Crippen molar-refractivity contribution >= 4 is 48.9 Å². The first-order valence-corrected chi connectivity index (χ1v) is 8.96. The first kappa shape index (κ1) is 18.5. The molecule has 0 aliphatic rings. The van der Waals surface area contributed by atoms with E-state index in [-0.39, 0.29) is 22.2 Å². The SMILES string of the molecule is CCOCC(C)OC(=O)c1c(Cl)ccc(S(=O)(=O)Cl)c1Cl. The van der Waals surface area contributed by atoms with Crippen LogP contribution in [0.5, 0.6) is 0 Å². The van der Waals surface area contributed by atoms with Crippen LogP contribution in [0.3, 0.4) is 0 Å². The largest absolute Gasteiger partial charge is 0.457 e. The van der Waals surface area contributed by atoms with Gasteiger partial charge in [0.1, 0.15) is 11.0 Å². The van der Waals surface area contributed by atoms with E-state index in [0.29, 0.717) is 6.61 Å². The highest BCUT2D eigenvalue weighted by Gasteiger charge is 2.25. The maximum Gasteiger partial charge on any atom is 0.341 e. The topological polar surface area (TPSA) is 69.7 Å². The summed E-state index contributed by atoms with van der Waals surface area (Å²) in [5.41, 5.74) is -0.247. The Bertz CT molecular complexity index is 630. The lowest BCUT2D eigenvalue weighted by molar-refractivity contribution is 0.00440. The maximum absolute atomic E-state index is 12.1. The van der Waals surface area contributed by atoms with Gasteiger partial charge in [0.2, 0.25) is 0 Å². The number of esters is 1. The van der Waals surface area contributed by atoms with Gasteiger partial charge in [0, 0.05) is 17.3 Å². The predicted octanol–water partition coefficient (Wildman–Crippen LogP) is 3.50. The van der Waals surface area contributed by atoms with Crippen LogP contribution in [0, 0.1) is 0 Å². The third kappa shape index (κ3) is 5.00. The zero-order valence-corrected chi connectivity index (χ0v) is 14.3. The van der Waals surface area contributed by atoms with E-state index in [4.69, 9.17) is 43.4 Å². The minimum absolute atomic E-state index is 0.0299. The molecule has 0 saturated carbocycles. The summed E-state index contributed by atoms with van der Waals surface area (Å²) in [6.07, 6.45) is -0.541. The average molecular weight is 376 g/mol. The van der Waals surface area contributed by atoms with Crippen LogP contribution in [-0.2, 0) is 18.5 Å². The lowest BCUT2D eigenvalue weighted by Gasteiger charge is -2.15. The molecule has 9 heteroatoms. The Kier molecular flexibility index (Phi) is 6.74. The second kappa shape index (κ2) is 7.65. The van der Waals surface area contributed by atoms with Crippen molar-refractivity contribution in [1.29, 1.82) is 0 Å². The number of benzene rings is 1. The molecule has 0 saturated heterocycles. The molecule has 0 bridgehead atoms. The van der Waals surface area contributed by atoms with Gasteiger partial charge in [0.15, 0.2) is 0 Å². The second-order valence-corrected chi connectivity index (χ2v) is 7.37. The maximum atomic E-state index is 12.1. The quantitative estimate of drug-likeness (QED) is 0.562. The molecule has 0 aliphatic carbocycles. The monoisotopic (exact) mass is 374 g/mol. The molecule has 1 aromatic rings. The number of halogens is 3. The van der Waals surface area contributed by atoms with Crippen LogP contribution < -0.4 is 0 Å². The van der Waals surface area contributed by atoms with E-state index in [1.54, 1.807) is 13.8 Å². The van der Waals surface area contributed by atoms with Crippen molar-refractivity contribution < 1.29 is 22.7 Å². The minimum atomic E-state index is -4.10. The van der Waals surface area contributed by atoms with Gasteiger partial charge in [-0.05, 0) is 26.0 Å². The van der Waals surface area contributed by atoms with Crippen LogP contribution in [0.25, 0.3) is 0 Å². The van der Waals surface area contributed by atoms with Crippen molar-refractivity contribution in [1.82, 2.24) is 0 Å². The third-order valence-electron chi connectivity index (χ3n) is 2.39. The van der Waals surface area contributed by atoms with Gasteiger partial charge in [-0.25, -0.2) is 13.2 Å².